The fourth-order valence-electron chi connectivity index (χ4n) is 2.14. The van der Waals surface area contributed by atoms with Gasteiger partial charge in [0.25, 0.3) is 0 Å². The number of hydrogen-bond donors (Lipinski definition) is 1. The minimum Gasteiger partial charge on any atom is -0.379 e. The SMILES string of the molecule is CCCCC(NCCOCCN(C)C)c1ccc(F)cc1. The van der Waals surface area contributed by atoms with Crippen LogP contribution in [0.5, 0.6) is 0 Å². The molecule has 0 aliphatic carbocycles. The molecule has 0 aliphatic heterocycles. The molecule has 0 heterocycles. The van der Waals surface area contributed by atoms with Crippen LogP contribution in [0.15, 0.2) is 24.3 Å². The predicted octanol–water partition coefficient (Wildman–Crippen LogP) is 3.22. The van der Waals surface area contributed by atoms with Crippen LogP contribution in [0.1, 0.15) is 37.8 Å². The second-order valence-electron chi connectivity index (χ2n) is 5.62. The zero-order chi connectivity index (χ0) is 15.5. The molecule has 0 amide bonds. The Kier molecular flexibility index (Phi) is 9.22. The monoisotopic (exact) mass is 296 g/mol. The van der Waals surface area contributed by atoms with Crippen molar-refractivity contribution >= 4 is 0 Å². The molecule has 0 bridgehead atoms. The van der Waals surface area contributed by atoms with E-state index in [9.17, 15) is 4.39 Å². The number of unbranched alkanes of at least 4 members (excludes halogenated alkanes) is 1. The van der Waals surface area contributed by atoms with Crippen LogP contribution in [0.2, 0.25) is 0 Å². The van der Waals surface area contributed by atoms with Gasteiger partial charge in [0, 0.05) is 19.1 Å². The first-order valence-electron chi connectivity index (χ1n) is 7.84. The predicted molar refractivity (Wildman–Crippen MR) is 86.0 cm³/mol. The van der Waals surface area contributed by atoms with E-state index in [1.165, 1.54) is 18.6 Å². The molecule has 1 atom stereocenters. The van der Waals surface area contributed by atoms with Crippen molar-refractivity contribution in [1.29, 1.82) is 0 Å². The molecular weight excluding hydrogens is 267 g/mol. The van der Waals surface area contributed by atoms with Gasteiger partial charge in [0.05, 0.1) is 13.2 Å². The molecule has 0 aliphatic rings. The Balaban J connectivity index is 2.34. The molecule has 0 fully saturated rings. The lowest BCUT2D eigenvalue weighted by molar-refractivity contribution is 0.117. The smallest absolute Gasteiger partial charge is 0.123 e. The summed E-state index contributed by atoms with van der Waals surface area (Å²) in [4.78, 5) is 2.11. The maximum Gasteiger partial charge on any atom is 0.123 e. The van der Waals surface area contributed by atoms with E-state index < -0.39 is 0 Å². The molecule has 0 radical (unpaired) electrons. The summed E-state index contributed by atoms with van der Waals surface area (Å²) in [5.74, 6) is -0.181. The van der Waals surface area contributed by atoms with Crippen molar-refractivity contribution in [2.24, 2.45) is 0 Å². The van der Waals surface area contributed by atoms with Crippen molar-refractivity contribution in [3.05, 3.63) is 35.6 Å². The molecule has 1 N–H and O–H groups in total. The van der Waals surface area contributed by atoms with E-state index in [1.807, 2.05) is 26.2 Å². The van der Waals surface area contributed by atoms with Crippen LogP contribution >= 0.6 is 0 Å². The fourth-order valence-corrected chi connectivity index (χ4v) is 2.14. The lowest BCUT2D eigenvalue weighted by Crippen LogP contribution is -2.27. The molecule has 1 aromatic rings. The minimum absolute atomic E-state index is 0.181. The summed E-state index contributed by atoms with van der Waals surface area (Å²) < 4.78 is 18.6. The van der Waals surface area contributed by atoms with Crippen LogP contribution in [0.4, 0.5) is 4.39 Å². The van der Waals surface area contributed by atoms with E-state index in [0.717, 1.165) is 38.1 Å². The molecule has 0 saturated heterocycles. The number of ether oxygens (including phenoxy) is 1. The van der Waals surface area contributed by atoms with Gasteiger partial charge in [0.1, 0.15) is 5.82 Å². The molecular formula is C17H29FN2O. The van der Waals surface area contributed by atoms with Gasteiger partial charge in [-0.05, 0) is 38.2 Å². The third-order valence-electron chi connectivity index (χ3n) is 3.44. The Morgan fingerprint density at radius 2 is 1.90 bits per heavy atom. The standard InChI is InChI=1S/C17H29FN2O/c1-4-5-6-17(15-7-9-16(18)10-8-15)19-11-13-21-14-12-20(2)3/h7-10,17,19H,4-6,11-14H2,1-3H3. The van der Waals surface area contributed by atoms with Gasteiger partial charge in [-0.3, -0.25) is 0 Å². The molecule has 21 heavy (non-hydrogen) atoms. The molecule has 0 spiro atoms. The Hall–Kier alpha value is -0.970. The Morgan fingerprint density at radius 1 is 1.19 bits per heavy atom. The van der Waals surface area contributed by atoms with Crippen molar-refractivity contribution in [2.75, 3.05) is 40.4 Å². The van der Waals surface area contributed by atoms with Crippen LogP contribution in [0.3, 0.4) is 0 Å². The van der Waals surface area contributed by atoms with E-state index in [-0.39, 0.29) is 11.9 Å². The number of nitrogens with one attached hydrogen (secondary N) is 1. The fraction of sp³-hybridized carbons (Fsp3) is 0.647. The summed E-state index contributed by atoms with van der Waals surface area (Å²) in [5.41, 5.74) is 1.15. The number of likely N-dealkylation sites (N-methyl/N-ethyl adjacent to an activating group) is 1. The van der Waals surface area contributed by atoms with Crippen molar-refractivity contribution < 1.29 is 9.13 Å². The third kappa shape index (κ3) is 8.15. The molecule has 1 unspecified atom stereocenters. The summed E-state index contributed by atoms with van der Waals surface area (Å²) >= 11 is 0. The molecule has 4 heteroatoms. The molecule has 0 aromatic heterocycles. The number of nitrogens with zero attached hydrogens (tertiary/aromatic N) is 1. The zero-order valence-corrected chi connectivity index (χ0v) is 13.6. The van der Waals surface area contributed by atoms with E-state index in [4.69, 9.17) is 4.74 Å². The van der Waals surface area contributed by atoms with Gasteiger partial charge in [0.2, 0.25) is 0 Å². The number of benzene rings is 1. The lowest BCUT2D eigenvalue weighted by atomic mass is 10.0. The first-order chi connectivity index (χ1) is 10.1. The highest BCUT2D eigenvalue weighted by atomic mass is 19.1. The van der Waals surface area contributed by atoms with Crippen LogP contribution in [0.25, 0.3) is 0 Å². The highest BCUT2D eigenvalue weighted by molar-refractivity contribution is 5.19. The first-order valence-corrected chi connectivity index (χ1v) is 7.84. The third-order valence-corrected chi connectivity index (χ3v) is 3.44. The largest absolute Gasteiger partial charge is 0.379 e. The van der Waals surface area contributed by atoms with Crippen LogP contribution in [-0.2, 0) is 4.74 Å². The van der Waals surface area contributed by atoms with Gasteiger partial charge in [-0.25, -0.2) is 4.39 Å². The van der Waals surface area contributed by atoms with E-state index >= 15 is 0 Å². The van der Waals surface area contributed by atoms with Crippen LogP contribution in [-0.4, -0.2) is 45.3 Å². The lowest BCUT2D eigenvalue weighted by Gasteiger charge is -2.19. The quantitative estimate of drug-likeness (QED) is 0.635. The van der Waals surface area contributed by atoms with Gasteiger partial charge in [-0.15, -0.1) is 0 Å². The summed E-state index contributed by atoms with van der Waals surface area (Å²) in [7, 11) is 4.08. The second-order valence-corrected chi connectivity index (χ2v) is 5.62. The van der Waals surface area contributed by atoms with Gasteiger partial charge < -0.3 is 15.0 Å². The Labute approximate surface area is 128 Å². The number of halogens is 1. The first kappa shape index (κ1) is 18.1. The summed E-state index contributed by atoms with van der Waals surface area (Å²) in [6.07, 6.45) is 3.40. The zero-order valence-electron chi connectivity index (χ0n) is 13.6. The van der Waals surface area contributed by atoms with Crippen molar-refractivity contribution in [3.8, 4) is 0 Å². The summed E-state index contributed by atoms with van der Waals surface area (Å²) in [6.45, 7) is 5.41. The minimum atomic E-state index is -0.181. The van der Waals surface area contributed by atoms with Crippen molar-refractivity contribution in [3.63, 3.8) is 0 Å². The van der Waals surface area contributed by atoms with E-state index in [0.29, 0.717) is 6.61 Å². The molecule has 120 valence electrons. The second kappa shape index (κ2) is 10.7. The molecule has 1 aromatic carbocycles. The normalized spacial score (nSPS) is 12.8. The number of rotatable bonds is 11. The topological polar surface area (TPSA) is 24.5 Å². The average Bonchev–Trinajstić information content (AvgIpc) is 2.46. The van der Waals surface area contributed by atoms with Crippen LogP contribution in [0, 0.1) is 5.82 Å². The summed E-state index contributed by atoms with van der Waals surface area (Å²) in [6, 6.07) is 7.08. The van der Waals surface area contributed by atoms with Gasteiger partial charge in [0.15, 0.2) is 0 Å². The molecule has 3 nitrogen and oxygen atoms in total. The van der Waals surface area contributed by atoms with Gasteiger partial charge in [-0.1, -0.05) is 31.9 Å². The van der Waals surface area contributed by atoms with Gasteiger partial charge in [-0.2, -0.15) is 0 Å². The summed E-state index contributed by atoms with van der Waals surface area (Å²) in [5, 5.41) is 3.52. The van der Waals surface area contributed by atoms with Crippen molar-refractivity contribution in [1.82, 2.24) is 10.2 Å². The Bertz CT molecular complexity index is 368. The van der Waals surface area contributed by atoms with Crippen molar-refractivity contribution in [2.45, 2.75) is 32.2 Å². The van der Waals surface area contributed by atoms with E-state index in [2.05, 4.69) is 17.1 Å². The highest BCUT2D eigenvalue weighted by Crippen LogP contribution is 2.19. The average molecular weight is 296 g/mol. The molecule has 0 saturated carbocycles. The maximum absolute atomic E-state index is 13.0. The Morgan fingerprint density at radius 3 is 2.52 bits per heavy atom. The van der Waals surface area contributed by atoms with Crippen LogP contribution < -0.4 is 5.32 Å². The van der Waals surface area contributed by atoms with Gasteiger partial charge >= 0.3 is 0 Å². The maximum atomic E-state index is 13.0. The number of hydrogen-bond acceptors (Lipinski definition) is 3. The highest BCUT2D eigenvalue weighted by Gasteiger charge is 2.10. The van der Waals surface area contributed by atoms with E-state index in [1.54, 1.807) is 0 Å². The molecule has 1 rings (SSSR count).